The van der Waals surface area contributed by atoms with E-state index in [9.17, 15) is 4.79 Å². The van der Waals surface area contributed by atoms with Crippen LogP contribution in [0, 0.1) is 0 Å². The highest BCUT2D eigenvalue weighted by Crippen LogP contribution is 2.22. The van der Waals surface area contributed by atoms with Gasteiger partial charge < -0.3 is 15.0 Å². The van der Waals surface area contributed by atoms with Crippen LogP contribution < -0.4 is 15.0 Å². The van der Waals surface area contributed by atoms with Gasteiger partial charge in [-0.1, -0.05) is 29.8 Å². The number of carbonyl (C=O) groups is 1. The number of benzene rings is 2. The zero-order valence-corrected chi connectivity index (χ0v) is 19.5. The topological polar surface area (TPSA) is 57.7 Å². The first-order chi connectivity index (χ1) is 16.1. The molecule has 4 rings (SSSR count). The number of pyridine rings is 1. The minimum atomic E-state index is -0.146. The first-order valence-electron chi connectivity index (χ1n) is 11.2. The highest BCUT2D eigenvalue weighted by atomic mass is 35.5. The van der Waals surface area contributed by atoms with Gasteiger partial charge in [-0.3, -0.25) is 14.7 Å². The minimum absolute atomic E-state index is 0.126. The Kier molecular flexibility index (Phi) is 7.81. The van der Waals surface area contributed by atoms with Gasteiger partial charge in [0.05, 0.1) is 6.54 Å². The van der Waals surface area contributed by atoms with Crippen LogP contribution >= 0.6 is 11.6 Å². The standard InChI is InChI=1S/C26H29ClN4O2/c1-20(18-29-26(32)22-8-10-28-11-9-22)33-25-7-2-4-21(16-25)19-30-12-14-31(15-13-30)24-6-3-5-23(27)17-24/h2-11,16-17,20H,12-15,18-19H2,1H3,(H,29,32)/t20-/m1/s1. The quantitative estimate of drug-likeness (QED) is 0.540. The van der Waals surface area contributed by atoms with Crippen LogP contribution in [0.4, 0.5) is 5.69 Å². The Morgan fingerprint density at radius 2 is 1.82 bits per heavy atom. The highest BCUT2D eigenvalue weighted by molar-refractivity contribution is 6.30. The SMILES string of the molecule is C[C@H](CNC(=O)c1ccncc1)Oc1cccc(CN2CCN(c3cccc(Cl)c3)CC2)c1. The van der Waals surface area contributed by atoms with Crippen LogP contribution in [0.25, 0.3) is 0 Å². The van der Waals surface area contributed by atoms with E-state index in [0.717, 1.165) is 43.5 Å². The maximum Gasteiger partial charge on any atom is 0.251 e. The lowest BCUT2D eigenvalue weighted by atomic mass is 10.1. The molecule has 0 aliphatic carbocycles. The summed E-state index contributed by atoms with van der Waals surface area (Å²) in [4.78, 5) is 21.0. The largest absolute Gasteiger partial charge is 0.489 e. The molecule has 33 heavy (non-hydrogen) atoms. The lowest BCUT2D eigenvalue weighted by Crippen LogP contribution is -2.45. The second-order valence-electron chi connectivity index (χ2n) is 8.26. The van der Waals surface area contributed by atoms with Crippen molar-refractivity contribution in [1.29, 1.82) is 0 Å². The second-order valence-corrected chi connectivity index (χ2v) is 8.70. The summed E-state index contributed by atoms with van der Waals surface area (Å²) >= 11 is 6.14. The van der Waals surface area contributed by atoms with Gasteiger partial charge >= 0.3 is 0 Å². The molecule has 1 aromatic heterocycles. The predicted octanol–water partition coefficient (Wildman–Crippen LogP) is 4.25. The van der Waals surface area contributed by atoms with E-state index in [2.05, 4.69) is 38.3 Å². The van der Waals surface area contributed by atoms with Gasteiger partial charge in [-0.15, -0.1) is 0 Å². The first kappa shape index (κ1) is 23.1. The average Bonchev–Trinajstić information content (AvgIpc) is 2.84. The van der Waals surface area contributed by atoms with Crippen LogP contribution in [0.5, 0.6) is 5.75 Å². The van der Waals surface area contributed by atoms with E-state index in [4.69, 9.17) is 16.3 Å². The third-order valence-corrected chi connectivity index (χ3v) is 5.92. The number of hydrogen-bond acceptors (Lipinski definition) is 5. The number of anilines is 1. The molecule has 1 fully saturated rings. The van der Waals surface area contributed by atoms with Crippen molar-refractivity contribution in [3.8, 4) is 5.75 Å². The number of rotatable bonds is 8. The summed E-state index contributed by atoms with van der Waals surface area (Å²) in [7, 11) is 0. The third kappa shape index (κ3) is 6.70. The Hall–Kier alpha value is -3.09. The molecule has 0 spiro atoms. The second kappa shape index (κ2) is 11.2. The third-order valence-electron chi connectivity index (χ3n) is 5.68. The Morgan fingerprint density at radius 3 is 2.58 bits per heavy atom. The van der Waals surface area contributed by atoms with E-state index in [1.54, 1.807) is 24.5 Å². The summed E-state index contributed by atoms with van der Waals surface area (Å²) in [6.45, 7) is 7.21. The maximum absolute atomic E-state index is 12.2. The van der Waals surface area contributed by atoms with Crippen LogP contribution in [-0.4, -0.2) is 54.6 Å². The molecule has 0 saturated carbocycles. The summed E-state index contributed by atoms with van der Waals surface area (Å²) in [5, 5.41) is 3.68. The van der Waals surface area contributed by atoms with Gasteiger partial charge in [0.25, 0.3) is 5.91 Å². The lowest BCUT2D eigenvalue weighted by molar-refractivity contribution is 0.0932. The zero-order valence-electron chi connectivity index (χ0n) is 18.8. The van der Waals surface area contributed by atoms with E-state index in [1.807, 2.05) is 37.3 Å². The van der Waals surface area contributed by atoms with Crippen molar-refractivity contribution in [3.63, 3.8) is 0 Å². The van der Waals surface area contributed by atoms with Crippen LogP contribution in [0.3, 0.4) is 0 Å². The minimum Gasteiger partial charge on any atom is -0.489 e. The maximum atomic E-state index is 12.2. The fraction of sp³-hybridized carbons (Fsp3) is 0.308. The highest BCUT2D eigenvalue weighted by Gasteiger charge is 2.18. The number of nitrogens with one attached hydrogen (secondary N) is 1. The molecule has 1 N–H and O–H groups in total. The molecule has 7 heteroatoms. The van der Waals surface area contributed by atoms with Gasteiger partial charge in [-0.2, -0.15) is 0 Å². The molecule has 0 unspecified atom stereocenters. The van der Waals surface area contributed by atoms with Gasteiger partial charge in [-0.05, 0) is 55.0 Å². The van der Waals surface area contributed by atoms with E-state index in [1.165, 1.54) is 11.3 Å². The molecule has 3 aromatic rings. The number of aromatic nitrogens is 1. The van der Waals surface area contributed by atoms with E-state index in [0.29, 0.717) is 12.1 Å². The molecular formula is C26H29ClN4O2. The van der Waals surface area contributed by atoms with Crippen LogP contribution in [-0.2, 0) is 6.54 Å². The molecule has 0 bridgehead atoms. The Bertz CT molecular complexity index is 1050. The van der Waals surface area contributed by atoms with Crippen molar-refractivity contribution >= 4 is 23.2 Å². The number of hydrogen-bond donors (Lipinski definition) is 1. The number of nitrogens with zero attached hydrogens (tertiary/aromatic N) is 3. The van der Waals surface area contributed by atoms with Crippen molar-refractivity contribution < 1.29 is 9.53 Å². The van der Waals surface area contributed by atoms with Crippen molar-refractivity contribution in [2.24, 2.45) is 0 Å². The molecular weight excluding hydrogens is 436 g/mol. The van der Waals surface area contributed by atoms with Gasteiger partial charge in [0.2, 0.25) is 0 Å². The van der Waals surface area contributed by atoms with Gasteiger partial charge in [-0.25, -0.2) is 0 Å². The predicted molar refractivity (Wildman–Crippen MR) is 132 cm³/mol. The van der Waals surface area contributed by atoms with E-state index in [-0.39, 0.29) is 12.0 Å². The number of carbonyl (C=O) groups excluding carboxylic acids is 1. The fourth-order valence-corrected chi connectivity index (χ4v) is 4.11. The van der Waals surface area contributed by atoms with Crippen LogP contribution in [0.1, 0.15) is 22.8 Å². The fourth-order valence-electron chi connectivity index (χ4n) is 3.93. The smallest absolute Gasteiger partial charge is 0.251 e. The molecule has 1 saturated heterocycles. The summed E-state index contributed by atoms with van der Waals surface area (Å²) in [6, 6.07) is 19.6. The summed E-state index contributed by atoms with van der Waals surface area (Å²) < 4.78 is 6.05. The summed E-state index contributed by atoms with van der Waals surface area (Å²) in [6.07, 6.45) is 3.07. The van der Waals surface area contributed by atoms with Crippen LogP contribution in [0.15, 0.2) is 73.1 Å². The summed E-state index contributed by atoms with van der Waals surface area (Å²) in [5.74, 6) is 0.689. The van der Waals surface area contributed by atoms with E-state index < -0.39 is 0 Å². The molecule has 172 valence electrons. The molecule has 6 nitrogen and oxygen atoms in total. The molecule has 1 amide bonds. The Balaban J connectivity index is 1.24. The van der Waals surface area contributed by atoms with Gasteiger partial charge in [0, 0.05) is 61.4 Å². The van der Waals surface area contributed by atoms with Crippen LogP contribution in [0.2, 0.25) is 5.02 Å². The van der Waals surface area contributed by atoms with E-state index >= 15 is 0 Å². The number of piperazine rings is 1. The number of amides is 1. The van der Waals surface area contributed by atoms with Crippen molar-refractivity contribution in [3.05, 3.63) is 89.2 Å². The Morgan fingerprint density at radius 1 is 1.06 bits per heavy atom. The summed E-state index contributed by atoms with van der Waals surface area (Å²) in [5.41, 5.74) is 2.99. The number of ether oxygens (including phenoxy) is 1. The molecule has 1 atom stereocenters. The normalized spacial score (nSPS) is 15.2. The first-order valence-corrected chi connectivity index (χ1v) is 11.6. The van der Waals surface area contributed by atoms with Crippen molar-refractivity contribution in [1.82, 2.24) is 15.2 Å². The molecule has 2 heterocycles. The molecule has 2 aromatic carbocycles. The van der Waals surface area contributed by atoms with Crippen molar-refractivity contribution in [2.75, 3.05) is 37.6 Å². The van der Waals surface area contributed by atoms with Crippen molar-refractivity contribution in [2.45, 2.75) is 19.6 Å². The number of halogens is 1. The van der Waals surface area contributed by atoms with Gasteiger partial charge in [0.1, 0.15) is 11.9 Å². The zero-order chi connectivity index (χ0) is 23.0. The molecule has 0 radical (unpaired) electrons. The lowest BCUT2D eigenvalue weighted by Gasteiger charge is -2.36. The van der Waals surface area contributed by atoms with Gasteiger partial charge in [0.15, 0.2) is 0 Å². The monoisotopic (exact) mass is 464 g/mol. The molecule has 1 aliphatic heterocycles. The Labute approximate surface area is 200 Å². The molecule has 1 aliphatic rings. The average molecular weight is 465 g/mol.